The second-order valence-electron chi connectivity index (χ2n) is 7.45. The standard InChI is InChI=1S/C26H24N4O2/c1-18-15-20(17-21(31)16-19-7-4-3-5-8-19)10-11-24(18)32-25-22(9-6-13-28-25)23-12-14-29-26(27-2)30-23/h3-15H,16-17H2,1-2H3,(H,27,29,30). The van der Waals surface area contributed by atoms with Crippen LogP contribution in [0.15, 0.2) is 79.1 Å². The third kappa shape index (κ3) is 5.16. The van der Waals surface area contributed by atoms with Gasteiger partial charge < -0.3 is 10.1 Å². The second kappa shape index (κ2) is 9.83. The summed E-state index contributed by atoms with van der Waals surface area (Å²) in [7, 11) is 1.77. The number of anilines is 1. The van der Waals surface area contributed by atoms with E-state index in [0.29, 0.717) is 36.1 Å². The summed E-state index contributed by atoms with van der Waals surface area (Å²) in [6.45, 7) is 1.97. The molecule has 2 aromatic carbocycles. The van der Waals surface area contributed by atoms with E-state index in [-0.39, 0.29) is 5.78 Å². The van der Waals surface area contributed by atoms with Gasteiger partial charge in [0.2, 0.25) is 11.8 Å². The fraction of sp³-hybridized carbons (Fsp3) is 0.154. The number of nitrogens with one attached hydrogen (secondary N) is 1. The minimum atomic E-state index is 0.181. The third-order valence-corrected chi connectivity index (χ3v) is 5.02. The number of rotatable bonds is 8. The second-order valence-corrected chi connectivity index (χ2v) is 7.45. The highest BCUT2D eigenvalue weighted by Gasteiger charge is 2.13. The van der Waals surface area contributed by atoms with Crippen LogP contribution in [0.1, 0.15) is 16.7 Å². The van der Waals surface area contributed by atoms with Crippen molar-refractivity contribution < 1.29 is 9.53 Å². The molecular formula is C26H24N4O2. The zero-order chi connectivity index (χ0) is 22.3. The van der Waals surface area contributed by atoms with E-state index in [1.807, 2.05) is 73.7 Å². The summed E-state index contributed by atoms with van der Waals surface area (Å²) >= 11 is 0. The normalized spacial score (nSPS) is 10.6. The summed E-state index contributed by atoms with van der Waals surface area (Å²) in [5, 5.41) is 2.94. The van der Waals surface area contributed by atoms with Gasteiger partial charge in [-0.15, -0.1) is 0 Å². The Hall–Kier alpha value is -4.06. The molecule has 2 heterocycles. The molecule has 32 heavy (non-hydrogen) atoms. The van der Waals surface area contributed by atoms with Gasteiger partial charge in [-0.3, -0.25) is 4.79 Å². The van der Waals surface area contributed by atoms with Crippen molar-refractivity contribution in [3.63, 3.8) is 0 Å². The van der Waals surface area contributed by atoms with Crippen molar-refractivity contribution >= 4 is 11.7 Å². The number of carbonyl (C=O) groups is 1. The van der Waals surface area contributed by atoms with Crippen LogP contribution in [0.4, 0.5) is 5.95 Å². The van der Waals surface area contributed by atoms with Gasteiger partial charge in [0.25, 0.3) is 0 Å². The first-order valence-corrected chi connectivity index (χ1v) is 10.4. The van der Waals surface area contributed by atoms with Crippen LogP contribution < -0.4 is 10.1 Å². The summed E-state index contributed by atoms with van der Waals surface area (Å²) in [5.74, 6) is 1.86. The van der Waals surface area contributed by atoms with Gasteiger partial charge in [-0.05, 0) is 47.9 Å². The lowest BCUT2D eigenvalue weighted by Gasteiger charge is -2.13. The summed E-state index contributed by atoms with van der Waals surface area (Å²) in [5.41, 5.74) is 4.42. The van der Waals surface area contributed by atoms with Crippen LogP contribution >= 0.6 is 0 Å². The molecule has 0 radical (unpaired) electrons. The number of nitrogens with zero attached hydrogens (tertiary/aromatic N) is 3. The van der Waals surface area contributed by atoms with E-state index in [1.54, 1.807) is 19.4 Å². The lowest BCUT2D eigenvalue weighted by Crippen LogP contribution is -2.06. The number of hydrogen-bond acceptors (Lipinski definition) is 6. The first-order chi connectivity index (χ1) is 15.6. The number of benzene rings is 2. The van der Waals surface area contributed by atoms with E-state index < -0.39 is 0 Å². The van der Waals surface area contributed by atoms with Crippen LogP contribution in [0.5, 0.6) is 11.6 Å². The van der Waals surface area contributed by atoms with Crippen molar-refractivity contribution in [1.82, 2.24) is 15.0 Å². The molecule has 0 aliphatic rings. The van der Waals surface area contributed by atoms with Crippen LogP contribution in [0.25, 0.3) is 11.3 Å². The summed E-state index contributed by atoms with van der Waals surface area (Å²) < 4.78 is 6.15. The zero-order valence-electron chi connectivity index (χ0n) is 18.1. The number of hydrogen-bond donors (Lipinski definition) is 1. The first-order valence-electron chi connectivity index (χ1n) is 10.4. The van der Waals surface area contributed by atoms with E-state index >= 15 is 0 Å². The Morgan fingerprint density at radius 2 is 1.72 bits per heavy atom. The molecular weight excluding hydrogens is 400 g/mol. The number of aromatic nitrogens is 3. The van der Waals surface area contributed by atoms with Gasteiger partial charge in [0.05, 0.1) is 11.3 Å². The molecule has 4 rings (SSSR count). The van der Waals surface area contributed by atoms with Crippen LogP contribution in [-0.4, -0.2) is 27.8 Å². The molecule has 0 unspecified atom stereocenters. The smallest absolute Gasteiger partial charge is 0.228 e. The molecule has 2 aromatic heterocycles. The Labute approximate surface area is 187 Å². The predicted molar refractivity (Wildman–Crippen MR) is 125 cm³/mol. The predicted octanol–water partition coefficient (Wildman–Crippen LogP) is 5.04. The Morgan fingerprint density at radius 3 is 2.50 bits per heavy atom. The van der Waals surface area contributed by atoms with E-state index in [4.69, 9.17) is 4.74 Å². The van der Waals surface area contributed by atoms with Crippen LogP contribution in [-0.2, 0) is 17.6 Å². The van der Waals surface area contributed by atoms with Crippen molar-refractivity contribution in [2.45, 2.75) is 19.8 Å². The van der Waals surface area contributed by atoms with Crippen LogP contribution in [0.3, 0.4) is 0 Å². The molecule has 0 amide bonds. The van der Waals surface area contributed by atoms with Crippen molar-refractivity contribution in [2.75, 3.05) is 12.4 Å². The topological polar surface area (TPSA) is 77.0 Å². The zero-order valence-corrected chi connectivity index (χ0v) is 18.1. The summed E-state index contributed by atoms with van der Waals surface area (Å²) in [6, 6.07) is 21.2. The first kappa shape index (κ1) is 21.2. The Balaban J connectivity index is 1.50. The van der Waals surface area contributed by atoms with Gasteiger partial charge in [-0.1, -0.05) is 42.5 Å². The van der Waals surface area contributed by atoms with Crippen LogP contribution in [0, 0.1) is 6.92 Å². The van der Waals surface area contributed by atoms with Gasteiger partial charge >= 0.3 is 0 Å². The number of carbonyl (C=O) groups excluding carboxylic acids is 1. The molecule has 0 aliphatic carbocycles. The van der Waals surface area contributed by atoms with Crippen LogP contribution in [0.2, 0.25) is 0 Å². The largest absolute Gasteiger partial charge is 0.438 e. The van der Waals surface area contributed by atoms with Gasteiger partial charge in [0, 0.05) is 32.3 Å². The average Bonchev–Trinajstić information content (AvgIpc) is 2.82. The summed E-state index contributed by atoms with van der Waals surface area (Å²) in [4.78, 5) is 25.5. The fourth-order valence-electron chi connectivity index (χ4n) is 3.45. The molecule has 160 valence electrons. The summed E-state index contributed by atoms with van der Waals surface area (Å²) in [6.07, 6.45) is 4.20. The fourth-order valence-corrected chi connectivity index (χ4v) is 3.45. The maximum Gasteiger partial charge on any atom is 0.228 e. The van der Waals surface area contributed by atoms with E-state index in [1.165, 1.54) is 0 Å². The SMILES string of the molecule is CNc1nccc(-c2cccnc2Oc2ccc(CC(=O)Cc3ccccc3)cc2C)n1. The number of ketones is 1. The highest BCUT2D eigenvalue weighted by Crippen LogP contribution is 2.32. The third-order valence-electron chi connectivity index (χ3n) is 5.02. The number of aryl methyl sites for hydroxylation is 1. The van der Waals surface area contributed by atoms with Gasteiger partial charge in [0.1, 0.15) is 11.5 Å². The molecule has 0 aliphatic heterocycles. The highest BCUT2D eigenvalue weighted by atomic mass is 16.5. The van der Waals surface area contributed by atoms with Gasteiger partial charge in [-0.25, -0.2) is 15.0 Å². The van der Waals surface area contributed by atoms with Crippen molar-refractivity contribution in [3.05, 3.63) is 95.8 Å². The average molecular weight is 425 g/mol. The molecule has 0 atom stereocenters. The highest BCUT2D eigenvalue weighted by molar-refractivity contribution is 5.83. The molecule has 6 nitrogen and oxygen atoms in total. The Bertz CT molecular complexity index is 1230. The van der Waals surface area contributed by atoms with Crippen molar-refractivity contribution in [3.8, 4) is 22.9 Å². The molecule has 6 heteroatoms. The maximum absolute atomic E-state index is 12.5. The molecule has 0 spiro atoms. The lowest BCUT2D eigenvalue weighted by atomic mass is 10.0. The quantitative estimate of drug-likeness (QED) is 0.427. The number of Topliss-reactive ketones (excluding diaryl/α,β-unsaturated/α-hetero) is 1. The van der Waals surface area contributed by atoms with E-state index in [9.17, 15) is 4.79 Å². The van der Waals surface area contributed by atoms with Crippen molar-refractivity contribution in [2.24, 2.45) is 0 Å². The van der Waals surface area contributed by atoms with Crippen molar-refractivity contribution in [1.29, 1.82) is 0 Å². The van der Waals surface area contributed by atoms with Gasteiger partial charge in [0.15, 0.2) is 0 Å². The minimum absolute atomic E-state index is 0.181. The Morgan fingerprint density at radius 1 is 0.906 bits per heavy atom. The molecule has 0 fully saturated rings. The number of ether oxygens (including phenoxy) is 1. The van der Waals surface area contributed by atoms with E-state index in [0.717, 1.165) is 22.3 Å². The molecule has 4 aromatic rings. The van der Waals surface area contributed by atoms with E-state index in [2.05, 4.69) is 20.3 Å². The molecule has 0 bridgehead atoms. The monoisotopic (exact) mass is 424 g/mol. The lowest BCUT2D eigenvalue weighted by molar-refractivity contribution is -0.117. The van der Waals surface area contributed by atoms with Gasteiger partial charge in [-0.2, -0.15) is 0 Å². The molecule has 1 N–H and O–H groups in total. The minimum Gasteiger partial charge on any atom is -0.438 e. The maximum atomic E-state index is 12.5. The Kier molecular flexibility index (Phi) is 6.51. The molecule has 0 saturated carbocycles. The molecule has 0 saturated heterocycles. The number of pyridine rings is 1.